The van der Waals surface area contributed by atoms with Gasteiger partial charge in [-0.2, -0.15) is 0 Å². The SMILES string of the molecule is CCCCC1Nc2ccccc2C1Cc1ccc(C)cc1. The molecule has 0 saturated carbocycles. The molecule has 2 unspecified atom stereocenters. The number of nitrogens with one attached hydrogen (secondary N) is 1. The van der Waals surface area contributed by atoms with Gasteiger partial charge >= 0.3 is 0 Å². The minimum atomic E-state index is 0.587. The molecule has 1 heteroatoms. The molecule has 1 aliphatic rings. The first-order valence-electron chi connectivity index (χ1n) is 8.19. The number of fused-ring (bicyclic) bond motifs is 1. The van der Waals surface area contributed by atoms with E-state index in [0.29, 0.717) is 12.0 Å². The Morgan fingerprint density at radius 2 is 1.76 bits per heavy atom. The maximum Gasteiger partial charge on any atom is 0.0378 e. The van der Waals surface area contributed by atoms with Gasteiger partial charge in [0.25, 0.3) is 0 Å². The highest BCUT2D eigenvalue weighted by atomic mass is 15.0. The number of hydrogen-bond acceptors (Lipinski definition) is 1. The molecule has 21 heavy (non-hydrogen) atoms. The smallest absolute Gasteiger partial charge is 0.0378 e. The van der Waals surface area contributed by atoms with Gasteiger partial charge in [0.1, 0.15) is 0 Å². The van der Waals surface area contributed by atoms with Crippen molar-refractivity contribution >= 4 is 5.69 Å². The van der Waals surface area contributed by atoms with Gasteiger partial charge in [-0.15, -0.1) is 0 Å². The average Bonchev–Trinajstić information content (AvgIpc) is 2.85. The van der Waals surface area contributed by atoms with E-state index in [4.69, 9.17) is 0 Å². The Bertz CT molecular complexity index is 585. The third-order valence-electron chi connectivity index (χ3n) is 4.63. The zero-order valence-electron chi connectivity index (χ0n) is 13.1. The van der Waals surface area contributed by atoms with Gasteiger partial charge < -0.3 is 5.32 Å². The first kappa shape index (κ1) is 14.2. The van der Waals surface area contributed by atoms with Crippen LogP contribution in [-0.4, -0.2) is 6.04 Å². The lowest BCUT2D eigenvalue weighted by Crippen LogP contribution is -2.22. The number of aryl methyl sites for hydroxylation is 1. The summed E-state index contributed by atoms with van der Waals surface area (Å²) < 4.78 is 0. The van der Waals surface area contributed by atoms with E-state index in [-0.39, 0.29) is 0 Å². The third kappa shape index (κ3) is 3.12. The Kier molecular flexibility index (Phi) is 4.28. The fraction of sp³-hybridized carbons (Fsp3) is 0.400. The molecule has 110 valence electrons. The van der Waals surface area contributed by atoms with Crippen LogP contribution in [-0.2, 0) is 6.42 Å². The molecule has 3 rings (SSSR count). The standard InChI is InChI=1S/C20H25N/c1-3-4-8-20-18(14-16-12-10-15(2)11-13-16)17-7-5-6-9-19(17)21-20/h5-7,9-13,18,20-21H,3-4,8,14H2,1-2H3. The van der Waals surface area contributed by atoms with Crippen molar-refractivity contribution in [3.8, 4) is 0 Å². The molecule has 2 atom stereocenters. The van der Waals surface area contributed by atoms with Gasteiger partial charge in [-0.25, -0.2) is 0 Å². The van der Waals surface area contributed by atoms with E-state index in [2.05, 4.69) is 67.7 Å². The maximum absolute atomic E-state index is 3.75. The summed E-state index contributed by atoms with van der Waals surface area (Å²) in [5.74, 6) is 0.607. The van der Waals surface area contributed by atoms with Crippen LogP contribution < -0.4 is 5.32 Å². The Morgan fingerprint density at radius 3 is 2.52 bits per heavy atom. The average molecular weight is 279 g/mol. The second-order valence-corrected chi connectivity index (χ2v) is 6.28. The van der Waals surface area contributed by atoms with Crippen LogP contribution >= 0.6 is 0 Å². The van der Waals surface area contributed by atoms with E-state index < -0.39 is 0 Å². The summed E-state index contributed by atoms with van der Waals surface area (Å²) in [4.78, 5) is 0. The Hall–Kier alpha value is -1.76. The molecule has 2 aromatic carbocycles. The van der Waals surface area contributed by atoms with Gasteiger partial charge in [-0.1, -0.05) is 67.8 Å². The van der Waals surface area contributed by atoms with E-state index in [0.717, 1.165) is 6.42 Å². The van der Waals surface area contributed by atoms with E-state index >= 15 is 0 Å². The number of unbranched alkanes of at least 4 members (excludes halogenated alkanes) is 1. The van der Waals surface area contributed by atoms with Crippen LogP contribution in [0.5, 0.6) is 0 Å². The lowest BCUT2D eigenvalue weighted by atomic mass is 9.86. The summed E-state index contributed by atoms with van der Waals surface area (Å²) in [6.07, 6.45) is 4.97. The number of anilines is 1. The zero-order valence-corrected chi connectivity index (χ0v) is 13.1. The van der Waals surface area contributed by atoms with Gasteiger partial charge in [0.2, 0.25) is 0 Å². The molecule has 1 heterocycles. The van der Waals surface area contributed by atoms with Crippen LogP contribution in [0.25, 0.3) is 0 Å². The summed E-state index contributed by atoms with van der Waals surface area (Å²) >= 11 is 0. The molecule has 2 aromatic rings. The first-order valence-corrected chi connectivity index (χ1v) is 8.19. The van der Waals surface area contributed by atoms with Crippen LogP contribution in [0.1, 0.15) is 48.8 Å². The highest BCUT2D eigenvalue weighted by Gasteiger charge is 2.31. The number of hydrogen-bond donors (Lipinski definition) is 1. The quantitative estimate of drug-likeness (QED) is 0.782. The lowest BCUT2D eigenvalue weighted by molar-refractivity contribution is 0.530. The second kappa shape index (κ2) is 6.34. The zero-order chi connectivity index (χ0) is 14.7. The van der Waals surface area contributed by atoms with Gasteiger partial charge in [0, 0.05) is 17.6 Å². The molecule has 0 aromatic heterocycles. The molecule has 0 fully saturated rings. The molecule has 0 aliphatic carbocycles. The monoisotopic (exact) mass is 279 g/mol. The number of benzene rings is 2. The summed E-state index contributed by atoms with van der Waals surface area (Å²) in [7, 11) is 0. The number of para-hydroxylation sites is 1. The molecular formula is C20H25N. The van der Waals surface area contributed by atoms with Crippen molar-refractivity contribution in [2.45, 2.75) is 51.5 Å². The van der Waals surface area contributed by atoms with Crippen molar-refractivity contribution in [3.05, 3.63) is 65.2 Å². The number of rotatable bonds is 5. The Balaban J connectivity index is 1.82. The highest BCUT2D eigenvalue weighted by molar-refractivity contribution is 5.59. The van der Waals surface area contributed by atoms with E-state index in [9.17, 15) is 0 Å². The van der Waals surface area contributed by atoms with Crippen molar-refractivity contribution in [1.82, 2.24) is 0 Å². The molecular weight excluding hydrogens is 254 g/mol. The van der Waals surface area contributed by atoms with E-state index in [1.54, 1.807) is 0 Å². The molecule has 0 spiro atoms. The second-order valence-electron chi connectivity index (χ2n) is 6.28. The van der Waals surface area contributed by atoms with Crippen molar-refractivity contribution in [1.29, 1.82) is 0 Å². The summed E-state index contributed by atoms with van der Waals surface area (Å²) in [5, 5.41) is 3.75. The van der Waals surface area contributed by atoms with Crippen molar-refractivity contribution in [2.75, 3.05) is 5.32 Å². The summed E-state index contributed by atoms with van der Waals surface area (Å²) in [6.45, 7) is 4.43. The molecule has 1 nitrogen and oxygen atoms in total. The van der Waals surface area contributed by atoms with Gasteiger partial charge in [-0.3, -0.25) is 0 Å². The van der Waals surface area contributed by atoms with Crippen LogP contribution in [0.2, 0.25) is 0 Å². The lowest BCUT2D eigenvalue weighted by Gasteiger charge is -2.20. The van der Waals surface area contributed by atoms with Crippen LogP contribution in [0, 0.1) is 6.92 Å². The van der Waals surface area contributed by atoms with E-state index in [1.807, 2.05) is 0 Å². The van der Waals surface area contributed by atoms with Crippen LogP contribution in [0.3, 0.4) is 0 Å². The molecule has 0 saturated heterocycles. The maximum atomic E-state index is 3.75. The predicted octanol–water partition coefficient (Wildman–Crippen LogP) is 5.31. The first-order chi connectivity index (χ1) is 10.3. The molecule has 0 radical (unpaired) electrons. The van der Waals surface area contributed by atoms with Gasteiger partial charge in [0.05, 0.1) is 0 Å². The minimum Gasteiger partial charge on any atom is -0.381 e. The van der Waals surface area contributed by atoms with Gasteiger partial charge in [0.15, 0.2) is 0 Å². The fourth-order valence-corrected chi connectivity index (χ4v) is 3.40. The molecule has 1 aliphatic heterocycles. The Morgan fingerprint density at radius 1 is 1.00 bits per heavy atom. The summed E-state index contributed by atoms with van der Waals surface area (Å²) in [6, 6.07) is 18.4. The van der Waals surface area contributed by atoms with Gasteiger partial charge in [-0.05, 0) is 37.0 Å². The topological polar surface area (TPSA) is 12.0 Å². The predicted molar refractivity (Wildman–Crippen MR) is 91.0 cm³/mol. The van der Waals surface area contributed by atoms with Crippen molar-refractivity contribution in [3.63, 3.8) is 0 Å². The highest BCUT2D eigenvalue weighted by Crippen LogP contribution is 2.39. The molecule has 0 amide bonds. The Labute approximate surface area is 128 Å². The van der Waals surface area contributed by atoms with Crippen LogP contribution in [0.15, 0.2) is 48.5 Å². The fourth-order valence-electron chi connectivity index (χ4n) is 3.40. The van der Waals surface area contributed by atoms with Crippen LogP contribution in [0.4, 0.5) is 5.69 Å². The third-order valence-corrected chi connectivity index (χ3v) is 4.63. The normalized spacial score (nSPS) is 20.1. The summed E-state index contributed by atoms with van der Waals surface area (Å²) in [5.41, 5.74) is 5.63. The van der Waals surface area contributed by atoms with Crippen molar-refractivity contribution in [2.24, 2.45) is 0 Å². The molecule has 0 bridgehead atoms. The minimum absolute atomic E-state index is 0.587. The molecule has 1 N–H and O–H groups in total. The van der Waals surface area contributed by atoms with Crippen molar-refractivity contribution < 1.29 is 0 Å². The van der Waals surface area contributed by atoms with E-state index in [1.165, 1.54) is 41.6 Å². The largest absolute Gasteiger partial charge is 0.381 e.